The minimum Gasteiger partial charge on any atom is -0.497 e. The van der Waals surface area contributed by atoms with Crippen LogP contribution >= 0.6 is 15.9 Å². The molecule has 6 rings (SSSR count). The summed E-state index contributed by atoms with van der Waals surface area (Å²) in [5.74, 6) is -3.56. The molecule has 13 heteroatoms. The first kappa shape index (κ1) is 35.8. The first-order chi connectivity index (χ1) is 24.2. The van der Waals surface area contributed by atoms with E-state index >= 15 is 4.79 Å². The molecular formula is C37H42BrN3O9. The molecular weight excluding hydrogens is 710 g/mol. The van der Waals surface area contributed by atoms with Crippen LogP contribution in [-0.4, -0.2) is 97.5 Å². The second-order valence-corrected chi connectivity index (χ2v) is 13.8. The molecule has 4 heterocycles. The minimum atomic E-state index is -1.53. The lowest BCUT2D eigenvalue weighted by Crippen LogP contribution is -2.58. The Morgan fingerprint density at radius 3 is 2.42 bits per heavy atom. The van der Waals surface area contributed by atoms with Gasteiger partial charge < -0.3 is 39.2 Å². The highest BCUT2D eigenvalue weighted by molar-refractivity contribution is 9.11. The van der Waals surface area contributed by atoms with Crippen LogP contribution in [0.5, 0.6) is 5.75 Å². The molecule has 3 amide bonds. The minimum absolute atomic E-state index is 0.0464. The predicted octanol–water partition coefficient (Wildman–Crippen LogP) is 3.44. The van der Waals surface area contributed by atoms with E-state index < -0.39 is 72.2 Å². The molecule has 0 saturated carbocycles. The Bertz CT molecular complexity index is 1650. The highest BCUT2D eigenvalue weighted by atomic mass is 79.9. The number of anilines is 1. The van der Waals surface area contributed by atoms with Crippen LogP contribution in [0.2, 0.25) is 0 Å². The molecule has 2 saturated heterocycles. The number of halogens is 1. The average molecular weight is 753 g/mol. The van der Waals surface area contributed by atoms with Crippen LogP contribution in [-0.2, 0) is 33.4 Å². The number of carbonyl (C=O) groups excluding carboxylic acids is 4. The second-order valence-electron chi connectivity index (χ2n) is 12.9. The van der Waals surface area contributed by atoms with Crippen molar-refractivity contribution in [3.63, 3.8) is 0 Å². The molecule has 8 atom stereocenters. The molecule has 5 bridgehead atoms. The number of carbonyl (C=O) groups is 4. The molecule has 266 valence electrons. The number of likely N-dealkylation sites (tertiary alicyclic amines) is 1. The fourth-order valence-electron chi connectivity index (χ4n) is 7.65. The molecule has 0 aromatic heterocycles. The third-order valence-electron chi connectivity index (χ3n) is 10.0. The molecule has 2 aromatic carbocycles. The molecule has 0 unspecified atom stereocenters. The summed E-state index contributed by atoms with van der Waals surface area (Å²) in [6.07, 6.45) is 4.37. The maximum Gasteiger partial charge on any atom is 0.313 e. The number of allylic oxidation sites excluding steroid dienone is 1. The van der Waals surface area contributed by atoms with Crippen molar-refractivity contribution in [3.8, 4) is 5.75 Å². The van der Waals surface area contributed by atoms with Gasteiger partial charge in [-0.05, 0) is 48.7 Å². The average Bonchev–Trinajstić information content (AvgIpc) is 3.72. The second kappa shape index (κ2) is 15.1. The molecule has 2 fully saturated rings. The van der Waals surface area contributed by atoms with E-state index in [1.54, 1.807) is 72.7 Å². The number of benzene rings is 2. The molecule has 0 radical (unpaired) electrons. The number of esters is 1. The largest absolute Gasteiger partial charge is 0.497 e. The molecule has 2 aromatic rings. The quantitative estimate of drug-likeness (QED) is 0.306. The summed E-state index contributed by atoms with van der Waals surface area (Å²) in [5.41, 5.74) is -0.363. The third kappa shape index (κ3) is 6.36. The van der Waals surface area contributed by atoms with E-state index in [2.05, 4.69) is 21.2 Å². The lowest BCUT2D eigenvalue weighted by atomic mass is 9.74. The van der Waals surface area contributed by atoms with E-state index in [0.717, 1.165) is 0 Å². The molecule has 4 aliphatic rings. The molecule has 1 spiro atoms. The number of ether oxygens (including phenoxy) is 4. The van der Waals surface area contributed by atoms with Crippen molar-refractivity contribution in [1.82, 2.24) is 10.2 Å². The van der Waals surface area contributed by atoms with Gasteiger partial charge in [-0.2, -0.15) is 0 Å². The Morgan fingerprint density at radius 2 is 1.76 bits per heavy atom. The molecule has 4 aliphatic heterocycles. The van der Waals surface area contributed by atoms with Gasteiger partial charge in [0.25, 0.3) is 5.91 Å². The van der Waals surface area contributed by atoms with Gasteiger partial charge in [-0.1, -0.05) is 65.3 Å². The predicted molar refractivity (Wildman–Crippen MR) is 186 cm³/mol. The molecule has 0 aliphatic carbocycles. The number of amides is 3. The first-order valence-electron chi connectivity index (χ1n) is 16.8. The van der Waals surface area contributed by atoms with Gasteiger partial charge in [0.2, 0.25) is 11.8 Å². The Kier molecular flexibility index (Phi) is 10.8. The number of nitrogens with one attached hydrogen (secondary N) is 1. The first-order valence-corrected chi connectivity index (χ1v) is 17.6. The Balaban J connectivity index is 1.49. The number of nitrogens with zero attached hydrogens (tertiary/aromatic N) is 2. The van der Waals surface area contributed by atoms with E-state index in [9.17, 15) is 19.5 Å². The van der Waals surface area contributed by atoms with Crippen LogP contribution < -0.4 is 15.0 Å². The Labute approximate surface area is 299 Å². The van der Waals surface area contributed by atoms with Crippen molar-refractivity contribution in [1.29, 1.82) is 0 Å². The van der Waals surface area contributed by atoms with Crippen LogP contribution in [0.3, 0.4) is 0 Å². The van der Waals surface area contributed by atoms with Gasteiger partial charge in [0.1, 0.15) is 35.5 Å². The van der Waals surface area contributed by atoms with E-state index in [-0.39, 0.29) is 25.5 Å². The van der Waals surface area contributed by atoms with Crippen molar-refractivity contribution in [3.05, 3.63) is 82.9 Å². The van der Waals surface area contributed by atoms with E-state index in [0.29, 0.717) is 34.3 Å². The Hall–Kier alpha value is -4.04. The highest BCUT2D eigenvalue weighted by Gasteiger charge is 2.75. The summed E-state index contributed by atoms with van der Waals surface area (Å²) in [6, 6.07) is 13.3. The van der Waals surface area contributed by atoms with Crippen LogP contribution in [0.1, 0.15) is 37.9 Å². The van der Waals surface area contributed by atoms with Gasteiger partial charge in [0, 0.05) is 30.2 Å². The van der Waals surface area contributed by atoms with Crippen LogP contribution in [0.4, 0.5) is 5.69 Å². The fourth-order valence-corrected chi connectivity index (χ4v) is 8.39. The molecule has 2 N–H and O–H groups in total. The summed E-state index contributed by atoms with van der Waals surface area (Å²) in [6.45, 7) is 1.60. The van der Waals surface area contributed by atoms with Crippen molar-refractivity contribution < 1.29 is 43.2 Å². The Morgan fingerprint density at radius 1 is 1.02 bits per heavy atom. The maximum atomic E-state index is 15.0. The standard InChI is InChI=1S/C37H42BrN3O9/c1-4-23(20-42)41-33-35(45)40(24-14-16-25(48-3)17-15-24)18-10-6-9-13-28(43)39-27(21-47-2)31(22-11-7-5-8-12-22)49-36(46)29-30(34(41)44)37(33)19-26(38)32(29)50-37/h5-8,10-12,14-17,19,23,27,29-33,42H,4,9,13,18,20-21H2,1-3H3,(H,39,43)/b10-6-/t23-,27+,29-,30+,31+,32-,33-,37+/m0/s1. The fraction of sp³-hybridized carbons (Fsp3) is 0.459. The van der Waals surface area contributed by atoms with Crippen LogP contribution in [0.15, 0.2) is 77.3 Å². The topological polar surface area (TPSA) is 144 Å². The van der Waals surface area contributed by atoms with Crippen molar-refractivity contribution in [2.75, 3.05) is 38.9 Å². The number of aliphatic hydroxyl groups excluding tert-OH is 1. The van der Waals surface area contributed by atoms with Gasteiger partial charge in [-0.15, -0.1) is 0 Å². The number of rotatable bonds is 8. The number of methoxy groups -OCH3 is 2. The number of cyclic esters (lactones) is 1. The smallest absolute Gasteiger partial charge is 0.313 e. The lowest BCUT2D eigenvalue weighted by Gasteiger charge is -2.38. The van der Waals surface area contributed by atoms with Crippen molar-refractivity contribution in [2.24, 2.45) is 11.8 Å². The summed E-state index contributed by atoms with van der Waals surface area (Å²) < 4.78 is 24.3. The normalized spacial score (nSPS) is 31.2. The van der Waals surface area contributed by atoms with Crippen LogP contribution in [0.25, 0.3) is 0 Å². The molecule has 50 heavy (non-hydrogen) atoms. The summed E-state index contributed by atoms with van der Waals surface area (Å²) in [7, 11) is 3.05. The van der Waals surface area contributed by atoms with Gasteiger partial charge in [-0.3, -0.25) is 19.2 Å². The number of aliphatic hydroxyl groups is 1. The van der Waals surface area contributed by atoms with Gasteiger partial charge in [0.05, 0.1) is 38.3 Å². The summed E-state index contributed by atoms with van der Waals surface area (Å²) in [5, 5.41) is 13.5. The summed E-state index contributed by atoms with van der Waals surface area (Å²) in [4.78, 5) is 60.4. The van der Waals surface area contributed by atoms with Gasteiger partial charge in [0.15, 0.2) is 0 Å². The maximum absolute atomic E-state index is 15.0. The zero-order chi connectivity index (χ0) is 35.6. The van der Waals surface area contributed by atoms with E-state index in [1.807, 2.05) is 19.1 Å². The SMILES string of the molecule is CC[C@@H](CO)N1C(=O)[C@H]2[C@@H]3C(=O)O[C@H](c4ccccc4)[C@@H](COC)NC(=O)CC/C=C\CN(c4ccc(OC)cc4)C(=O)[C@H]1[C@@]21C=C(Br)[C@@H]3O1. The van der Waals surface area contributed by atoms with E-state index in [1.165, 1.54) is 12.0 Å². The number of hydrogen-bond acceptors (Lipinski definition) is 9. The van der Waals surface area contributed by atoms with Gasteiger partial charge >= 0.3 is 5.97 Å². The monoisotopic (exact) mass is 751 g/mol. The lowest BCUT2D eigenvalue weighted by molar-refractivity contribution is -0.162. The third-order valence-corrected chi connectivity index (χ3v) is 10.7. The molecule has 12 nitrogen and oxygen atoms in total. The zero-order valence-corrected chi connectivity index (χ0v) is 29.8. The number of fused-ring (bicyclic) bond motifs is 2. The van der Waals surface area contributed by atoms with E-state index in [4.69, 9.17) is 18.9 Å². The summed E-state index contributed by atoms with van der Waals surface area (Å²) >= 11 is 3.59. The van der Waals surface area contributed by atoms with Crippen molar-refractivity contribution in [2.45, 2.75) is 62.1 Å². The van der Waals surface area contributed by atoms with Crippen molar-refractivity contribution >= 4 is 45.3 Å². The zero-order valence-electron chi connectivity index (χ0n) is 28.2. The van der Waals surface area contributed by atoms with Crippen LogP contribution in [0, 0.1) is 11.8 Å². The van der Waals surface area contributed by atoms with Gasteiger partial charge in [-0.25, -0.2) is 0 Å². The highest BCUT2D eigenvalue weighted by Crippen LogP contribution is 2.59. The number of hydrogen-bond donors (Lipinski definition) is 2.